The van der Waals surface area contributed by atoms with Gasteiger partial charge >= 0.3 is 5.56 Å². The molecule has 1 fully saturated rings. The molecule has 0 spiro atoms. The average Bonchev–Trinajstić information content (AvgIpc) is 2.85. The van der Waals surface area contributed by atoms with Crippen LogP contribution in [0.1, 0.15) is 33.3 Å². The molecule has 1 amide bonds. The van der Waals surface area contributed by atoms with Crippen LogP contribution in [0.4, 0.5) is 20.2 Å². The molecule has 1 aliphatic heterocycles. The zero-order valence-electron chi connectivity index (χ0n) is 22.1. The summed E-state index contributed by atoms with van der Waals surface area (Å²) < 4.78 is 34.9. The second-order valence-corrected chi connectivity index (χ2v) is 10.6. The third kappa shape index (κ3) is 6.12. The minimum atomic E-state index is -0.817. The van der Waals surface area contributed by atoms with Gasteiger partial charge < -0.3 is 20.3 Å². The summed E-state index contributed by atoms with van der Waals surface area (Å²) >= 11 is 0. The SMILES string of the molecule is CC(Oc1c(N2CCN(C(=O)Cc3ccc(N)cc3)CC2)cnn(-c2cc(F)cc(F)c2)c1=O)C(C)(C)C. The van der Waals surface area contributed by atoms with Crippen LogP contribution in [-0.2, 0) is 11.2 Å². The fraction of sp³-hybridized carbons (Fsp3) is 0.393. The van der Waals surface area contributed by atoms with Gasteiger partial charge in [0.05, 0.1) is 18.3 Å². The number of hydrogen-bond acceptors (Lipinski definition) is 6. The molecule has 1 atom stereocenters. The maximum atomic E-state index is 13.9. The number of halogens is 2. The number of anilines is 2. The molecule has 1 saturated heterocycles. The van der Waals surface area contributed by atoms with Crippen molar-refractivity contribution >= 4 is 17.3 Å². The Morgan fingerprint density at radius 2 is 1.66 bits per heavy atom. The molecule has 0 saturated carbocycles. The molecular weight excluding hydrogens is 492 g/mol. The molecule has 0 aliphatic carbocycles. The monoisotopic (exact) mass is 525 g/mol. The van der Waals surface area contributed by atoms with E-state index in [1.54, 1.807) is 17.0 Å². The van der Waals surface area contributed by atoms with Crippen molar-refractivity contribution in [2.45, 2.75) is 40.2 Å². The molecule has 0 radical (unpaired) electrons. The van der Waals surface area contributed by atoms with Crippen molar-refractivity contribution < 1.29 is 18.3 Å². The number of nitrogen functional groups attached to an aromatic ring is 1. The van der Waals surface area contributed by atoms with E-state index in [4.69, 9.17) is 10.5 Å². The molecule has 3 aromatic rings. The lowest BCUT2D eigenvalue weighted by Crippen LogP contribution is -2.49. The normalized spacial score (nSPS) is 14.9. The quantitative estimate of drug-likeness (QED) is 0.492. The Bertz CT molecular complexity index is 1340. The van der Waals surface area contributed by atoms with Gasteiger partial charge in [0.15, 0.2) is 0 Å². The Balaban J connectivity index is 1.58. The maximum Gasteiger partial charge on any atom is 0.316 e. The van der Waals surface area contributed by atoms with Crippen molar-refractivity contribution in [3.05, 3.63) is 76.2 Å². The van der Waals surface area contributed by atoms with Crippen molar-refractivity contribution in [3.8, 4) is 11.4 Å². The Morgan fingerprint density at radius 1 is 1.05 bits per heavy atom. The number of carbonyl (C=O) groups is 1. The van der Waals surface area contributed by atoms with Crippen LogP contribution in [0.25, 0.3) is 5.69 Å². The predicted molar refractivity (Wildman–Crippen MR) is 143 cm³/mol. The summed E-state index contributed by atoms with van der Waals surface area (Å²) in [5, 5.41) is 4.21. The summed E-state index contributed by atoms with van der Waals surface area (Å²) in [5.41, 5.74) is 6.80. The van der Waals surface area contributed by atoms with Crippen LogP contribution in [0.5, 0.6) is 5.75 Å². The van der Waals surface area contributed by atoms with Gasteiger partial charge in [-0.05, 0) is 42.2 Å². The van der Waals surface area contributed by atoms with Gasteiger partial charge in [0.2, 0.25) is 11.7 Å². The smallest absolute Gasteiger partial charge is 0.316 e. The minimum Gasteiger partial charge on any atom is -0.483 e. The van der Waals surface area contributed by atoms with Crippen molar-refractivity contribution in [2.75, 3.05) is 36.8 Å². The lowest BCUT2D eigenvalue weighted by molar-refractivity contribution is -0.130. The van der Waals surface area contributed by atoms with E-state index >= 15 is 0 Å². The fourth-order valence-electron chi connectivity index (χ4n) is 4.08. The van der Waals surface area contributed by atoms with Crippen LogP contribution in [-0.4, -0.2) is 52.9 Å². The van der Waals surface area contributed by atoms with Gasteiger partial charge in [-0.1, -0.05) is 32.9 Å². The van der Waals surface area contributed by atoms with E-state index in [-0.39, 0.29) is 35.3 Å². The summed E-state index contributed by atoms with van der Waals surface area (Å²) in [4.78, 5) is 30.1. The lowest BCUT2D eigenvalue weighted by atomic mass is 9.90. The summed E-state index contributed by atoms with van der Waals surface area (Å²) in [6, 6.07) is 10.0. The van der Waals surface area contributed by atoms with Gasteiger partial charge in [-0.25, -0.2) is 8.78 Å². The summed E-state index contributed by atoms with van der Waals surface area (Å²) in [5.74, 6) is -1.58. The Labute approximate surface area is 220 Å². The Morgan fingerprint density at radius 3 is 2.24 bits per heavy atom. The van der Waals surface area contributed by atoms with Crippen molar-refractivity contribution in [1.82, 2.24) is 14.7 Å². The first-order valence-electron chi connectivity index (χ1n) is 12.5. The van der Waals surface area contributed by atoms with Crippen LogP contribution >= 0.6 is 0 Å². The average molecular weight is 526 g/mol. The highest BCUT2D eigenvalue weighted by Crippen LogP contribution is 2.30. The second-order valence-electron chi connectivity index (χ2n) is 10.6. The molecule has 1 aromatic heterocycles. The second kappa shape index (κ2) is 10.8. The van der Waals surface area contributed by atoms with E-state index in [2.05, 4.69) is 5.10 Å². The third-order valence-corrected chi connectivity index (χ3v) is 6.83. The van der Waals surface area contributed by atoms with Gasteiger partial charge in [-0.2, -0.15) is 9.78 Å². The number of benzene rings is 2. The van der Waals surface area contributed by atoms with Crippen LogP contribution in [0.3, 0.4) is 0 Å². The van der Waals surface area contributed by atoms with Gasteiger partial charge in [0.1, 0.15) is 23.4 Å². The molecule has 4 rings (SSSR count). The first kappa shape index (κ1) is 27.1. The minimum absolute atomic E-state index is 0.00826. The summed E-state index contributed by atoms with van der Waals surface area (Å²) in [6.07, 6.45) is 1.40. The zero-order valence-corrected chi connectivity index (χ0v) is 22.1. The standard InChI is InChI=1S/C28H33F2N5O3/c1-18(28(2,3)4)38-26-24(17-32-35(27(26)37)23-15-20(29)14-21(30)16-23)33-9-11-34(12-10-33)25(36)13-19-5-7-22(31)8-6-19/h5-8,14-18H,9-13,31H2,1-4H3. The van der Waals surface area contributed by atoms with Gasteiger partial charge in [0.25, 0.3) is 0 Å². The third-order valence-electron chi connectivity index (χ3n) is 6.83. The van der Waals surface area contributed by atoms with E-state index in [0.29, 0.717) is 37.6 Å². The van der Waals surface area contributed by atoms with Crippen molar-refractivity contribution in [3.63, 3.8) is 0 Å². The molecule has 2 N–H and O–H groups in total. The first-order valence-corrected chi connectivity index (χ1v) is 12.5. The van der Waals surface area contributed by atoms with E-state index < -0.39 is 17.2 Å². The van der Waals surface area contributed by atoms with Gasteiger partial charge in [0, 0.05) is 37.9 Å². The molecule has 2 heterocycles. The van der Waals surface area contributed by atoms with E-state index in [0.717, 1.165) is 28.4 Å². The van der Waals surface area contributed by atoms with Crippen LogP contribution < -0.4 is 20.9 Å². The number of piperazine rings is 1. The fourth-order valence-corrected chi connectivity index (χ4v) is 4.08. The number of aromatic nitrogens is 2. The summed E-state index contributed by atoms with van der Waals surface area (Å²) in [7, 11) is 0. The molecule has 1 unspecified atom stereocenters. The van der Waals surface area contributed by atoms with Crippen LogP contribution in [0, 0.1) is 17.0 Å². The lowest BCUT2D eigenvalue weighted by Gasteiger charge is -2.37. The van der Waals surface area contributed by atoms with E-state index in [1.807, 2.05) is 44.7 Å². The van der Waals surface area contributed by atoms with E-state index in [9.17, 15) is 18.4 Å². The highest BCUT2D eigenvalue weighted by Gasteiger charge is 2.29. The van der Waals surface area contributed by atoms with E-state index in [1.165, 1.54) is 6.20 Å². The number of carbonyl (C=O) groups excluding carboxylic acids is 1. The predicted octanol–water partition coefficient (Wildman–Crippen LogP) is 3.80. The number of hydrogen-bond donors (Lipinski definition) is 1. The van der Waals surface area contributed by atoms with Crippen LogP contribution in [0.2, 0.25) is 0 Å². The Hall–Kier alpha value is -3.95. The first-order chi connectivity index (χ1) is 17.9. The topological polar surface area (TPSA) is 93.7 Å². The molecule has 8 nitrogen and oxygen atoms in total. The highest BCUT2D eigenvalue weighted by molar-refractivity contribution is 5.79. The summed E-state index contributed by atoms with van der Waals surface area (Å²) in [6.45, 7) is 9.69. The van der Waals surface area contributed by atoms with Crippen molar-refractivity contribution in [2.24, 2.45) is 5.41 Å². The van der Waals surface area contributed by atoms with Gasteiger partial charge in [-0.3, -0.25) is 9.59 Å². The molecule has 10 heteroatoms. The molecular formula is C28H33F2N5O3. The van der Waals surface area contributed by atoms with Crippen LogP contribution in [0.15, 0.2) is 53.5 Å². The number of rotatable bonds is 6. The number of nitrogens with zero attached hydrogens (tertiary/aromatic N) is 4. The molecule has 0 bridgehead atoms. The van der Waals surface area contributed by atoms with Crippen molar-refractivity contribution in [1.29, 1.82) is 0 Å². The maximum absolute atomic E-state index is 13.9. The Kier molecular flexibility index (Phi) is 7.71. The molecule has 38 heavy (non-hydrogen) atoms. The molecule has 2 aromatic carbocycles. The number of amides is 1. The molecule has 1 aliphatic rings. The zero-order chi connectivity index (χ0) is 27.6. The highest BCUT2D eigenvalue weighted by atomic mass is 19.1. The number of ether oxygens (including phenoxy) is 1. The van der Waals surface area contributed by atoms with Gasteiger partial charge in [-0.15, -0.1) is 0 Å². The molecule has 202 valence electrons. The number of nitrogens with two attached hydrogens (primary N) is 1. The largest absolute Gasteiger partial charge is 0.483 e.